The number of hydrogen-bond donors (Lipinski definition) is 2. The third kappa shape index (κ3) is 2.98. The number of likely N-dealkylation sites (tertiary alicyclic amines) is 1. The number of amides is 3. The van der Waals surface area contributed by atoms with Gasteiger partial charge < -0.3 is 25.4 Å². The standard InChI is InChI=1S/C12H21N3O4/c1-18-12(4-6-19-8-12)10(16)15-5-2-3-9(7-15)14-11(13)17/h9H,2-8H2,1H3,(H3,13,14,17)/t9-,12?/m1/s1. The van der Waals surface area contributed by atoms with Gasteiger partial charge >= 0.3 is 6.03 Å². The van der Waals surface area contributed by atoms with Crippen molar-refractivity contribution in [3.63, 3.8) is 0 Å². The fourth-order valence-electron chi connectivity index (χ4n) is 2.73. The highest BCUT2D eigenvalue weighted by molar-refractivity contribution is 5.86. The first-order valence-electron chi connectivity index (χ1n) is 6.55. The number of primary amides is 1. The minimum atomic E-state index is -0.853. The molecule has 108 valence electrons. The second-order valence-electron chi connectivity index (χ2n) is 5.10. The van der Waals surface area contributed by atoms with Crippen LogP contribution in [-0.4, -0.2) is 61.9 Å². The highest BCUT2D eigenvalue weighted by Crippen LogP contribution is 2.26. The largest absolute Gasteiger partial charge is 0.378 e. The van der Waals surface area contributed by atoms with E-state index in [0.717, 1.165) is 12.8 Å². The van der Waals surface area contributed by atoms with Crippen molar-refractivity contribution in [1.82, 2.24) is 10.2 Å². The van der Waals surface area contributed by atoms with Crippen molar-refractivity contribution >= 4 is 11.9 Å². The predicted octanol–water partition coefficient (Wildman–Crippen LogP) is -0.549. The maximum absolute atomic E-state index is 12.6. The number of nitrogens with one attached hydrogen (secondary N) is 1. The summed E-state index contributed by atoms with van der Waals surface area (Å²) >= 11 is 0. The molecule has 3 N–H and O–H groups in total. The maximum Gasteiger partial charge on any atom is 0.312 e. The molecule has 0 bridgehead atoms. The van der Waals surface area contributed by atoms with E-state index in [-0.39, 0.29) is 11.9 Å². The number of piperidine rings is 1. The normalized spacial score (nSPS) is 31.2. The van der Waals surface area contributed by atoms with Crippen molar-refractivity contribution in [1.29, 1.82) is 0 Å². The second kappa shape index (κ2) is 5.75. The van der Waals surface area contributed by atoms with Gasteiger partial charge in [0, 0.05) is 32.7 Å². The van der Waals surface area contributed by atoms with Gasteiger partial charge in [0.05, 0.1) is 13.2 Å². The van der Waals surface area contributed by atoms with E-state index < -0.39 is 11.6 Å². The number of nitrogens with two attached hydrogens (primary N) is 1. The number of nitrogens with zero attached hydrogens (tertiary/aromatic N) is 1. The number of rotatable bonds is 3. The topological polar surface area (TPSA) is 93.9 Å². The zero-order valence-electron chi connectivity index (χ0n) is 11.2. The Morgan fingerprint density at radius 2 is 2.32 bits per heavy atom. The van der Waals surface area contributed by atoms with E-state index in [9.17, 15) is 9.59 Å². The van der Waals surface area contributed by atoms with Gasteiger partial charge in [0.2, 0.25) is 0 Å². The molecule has 2 fully saturated rings. The number of carbonyl (C=O) groups excluding carboxylic acids is 2. The Morgan fingerprint density at radius 3 is 2.89 bits per heavy atom. The Balaban J connectivity index is 2.00. The predicted molar refractivity (Wildman–Crippen MR) is 67.5 cm³/mol. The zero-order chi connectivity index (χ0) is 13.9. The van der Waals surface area contributed by atoms with E-state index in [1.807, 2.05) is 0 Å². The Hall–Kier alpha value is -1.34. The van der Waals surface area contributed by atoms with Gasteiger partial charge in [0.15, 0.2) is 5.60 Å². The molecule has 19 heavy (non-hydrogen) atoms. The Kier molecular flexibility index (Phi) is 4.26. The van der Waals surface area contributed by atoms with Crippen molar-refractivity contribution in [3.8, 4) is 0 Å². The van der Waals surface area contributed by atoms with Crippen molar-refractivity contribution < 1.29 is 19.1 Å². The molecule has 0 aromatic rings. The number of urea groups is 1. The number of methoxy groups -OCH3 is 1. The van der Waals surface area contributed by atoms with Gasteiger partial charge in [-0.05, 0) is 12.8 Å². The summed E-state index contributed by atoms with van der Waals surface area (Å²) < 4.78 is 10.7. The molecular weight excluding hydrogens is 250 g/mol. The first-order valence-corrected chi connectivity index (χ1v) is 6.55. The molecule has 0 saturated carbocycles. The molecule has 2 aliphatic heterocycles. The van der Waals surface area contributed by atoms with Crippen molar-refractivity contribution in [2.24, 2.45) is 5.73 Å². The molecule has 0 aliphatic carbocycles. The highest BCUT2D eigenvalue weighted by atomic mass is 16.6. The summed E-state index contributed by atoms with van der Waals surface area (Å²) in [6.45, 7) is 2.00. The summed E-state index contributed by atoms with van der Waals surface area (Å²) in [6, 6.07) is -0.628. The first kappa shape index (κ1) is 14.1. The molecular formula is C12H21N3O4. The molecule has 2 heterocycles. The summed E-state index contributed by atoms with van der Waals surface area (Å²) in [7, 11) is 1.54. The number of ether oxygens (including phenoxy) is 2. The van der Waals surface area contributed by atoms with Gasteiger partial charge in [-0.15, -0.1) is 0 Å². The van der Waals surface area contributed by atoms with Crippen LogP contribution in [0.15, 0.2) is 0 Å². The maximum atomic E-state index is 12.6. The monoisotopic (exact) mass is 271 g/mol. The average molecular weight is 271 g/mol. The third-order valence-corrected chi connectivity index (χ3v) is 3.82. The zero-order valence-corrected chi connectivity index (χ0v) is 11.2. The van der Waals surface area contributed by atoms with Crippen LogP contribution >= 0.6 is 0 Å². The molecule has 7 heteroatoms. The van der Waals surface area contributed by atoms with E-state index >= 15 is 0 Å². The van der Waals surface area contributed by atoms with E-state index in [2.05, 4.69) is 5.32 Å². The lowest BCUT2D eigenvalue weighted by Gasteiger charge is -2.37. The average Bonchev–Trinajstić information content (AvgIpc) is 2.87. The van der Waals surface area contributed by atoms with Gasteiger partial charge in [-0.3, -0.25) is 4.79 Å². The molecule has 0 aromatic carbocycles. The molecule has 2 saturated heterocycles. The van der Waals surface area contributed by atoms with Crippen molar-refractivity contribution in [2.75, 3.05) is 33.4 Å². The van der Waals surface area contributed by atoms with Crippen LogP contribution in [0.25, 0.3) is 0 Å². The summed E-state index contributed by atoms with van der Waals surface area (Å²) in [4.78, 5) is 25.2. The van der Waals surface area contributed by atoms with Gasteiger partial charge in [-0.25, -0.2) is 4.79 Å². The van der Waals surface area contributed by atoms with Gasteiger partial charge in [-0.2, -0.15) is 0 Å². The van der Waals surface area contributed by atoms with Crippen molar-refractivity contribution in [3.05, 3.63) is 0 Å². The highest BCUT2D eigenvalue weighted by Gasteiger charge is 2.45. The van der Waals surface area contributed by atoms with Crippen LogP contribution in [-0.2, 0) is 14.3 Å². The SMILES string of the molecule is COC1(C(=O)N2CCC[C@@H](NC(N)=O)C2)CCOC1. The minimum absolute atomic E-state index is 0.0523. The van der Waals surface area contributed by atoms with Gasteiger partial charge in [0.25, 0.3) is 5.91 Å². The summed E-state index contributed by atoms with van der Waals surface area (Å²) in [5, 5.41) is 2.66. The van der Waals surface area contributed by atoms with Gasteiger partial charge in [0.1, 0.15) is 0 Å². The molecule has 0 aromatic heterocycles. The third-order valence-electron chi connectivity index (χ3n) is 3.82. The smallest absolute Gasteiger partial charge is 0.312 e. The van der Waals surface area contributed by atoms with E-state index in [1.54, 1.807) is 4.90 Å². The second-order valence-corrected chi connectivity index (χ2v) is 5.10. The lowest BCUT2D eigenvalue weighted by atomic mass is 9.98. The van der Waals surface area contributed by atoms with E-state index in [0.29, 0.717) is 32.7 Å². The van der Waals surface area contributed by atoms with Crippen molar-refractivity contribution in [2.45, 2.75) is 30.9 Å². The molecule has 0 radical (unpaired) electrons. The quantitative estimate of drug-likeness (QED) is 0.720. The molecule has 0 spiro atoms. The van der Waals surface area contributed by atoms with Crippen LogP contribution in [0.2, 0.25) is 0 Å². The Morgan fingerprint density at radius 1 is 1.53 bits per heavy atom. The molecule has 3 amide bonds. The molecule has 2 aliphatic rings. The van der Waals surface area contributed by atoms with Crippen LogP contribution < -0.4 is 11.1 Å². The lowest BCUT2D eigenvalue weighted by Crippen LogP contribution is -2.57. The summed E-state index contributed by atoms with van der Waals surface area (Å²) in [5.41, 5.74) is 4.27. The fraction of sp³-hybridized carbons (Fsp3) is 0.833. The van der Waals surface area contributed by atoms with Crippen LogP contribution in [0.5, 0.6) is 0 Å². The first-order chi connectivity index (χ1) is 9.07. The summed E-state index contributed by atoms with van der Waals surface area (Å²) in [5.74, 6) is -0.0523. The van der Waals surface area contributed by atoms with Crippen LogP contribution in [0.1, 0.15) is 19.3 Å². The van der Waals surface area contributed by atoms with Crippen LogP contribution in [0, 0.1) is 0 Å². The molecule has 1 unspecified atom stereocenters. The van der Waals surface area contributed by atoms with Crippen LogP contribution in [0.3, 0.4) is 0 Å². The lowest BCUT2D eigenvalue weighted by molar-refractivity contribution is -0.156. The van der Waals surface area contributed by atoms with Crippen LogP contribution in [0.4, 0.5) is 4.79 Å². The fourth-order valence-corrected chi connectivity index (χ4v) is 2.73. The molecule has 2 atom stereocenters. The number of carbonyl (C=O) groups is 2. The van der Waals surface area contributed by atoms with E-state index in [1.165, 1.54) is 7.11 Å². The molecule has 7 nitrogen and oxygen atoms in total. The Bertz CT molecular complexity index is 355. The Labute approximate surface area is 112 Å². The van der Waals surface area contributed by atoms with E-state index in [4.69, 9.17) is 15.2 Å². The van der Waals surface area contributed by atoms with Gasteiger partial charge in [-0.1, -0.05) is 0 Å². The minimum Gasteiger partial charge on any atom is -0.378 e. The number of hydrogen-bond acceptors (Lipinski definition) is 4. The summed E-state index contributed by atoms with van der Waals surface area (Å²) in [6.07, 6.45) is 2.26. The molecule has 2 rings (SSSR count).